The van der Waals surface area contributed by atoms with Gasteiger partial charge in [-0.25, -0.2) is 4.98 Å². The summed E-state index contributed by atoms with van der Waals surface area (Å²) in [5.74, 6) is 1.42. The predicted molar refractivity (Wildman–Crippen MR) is 75.2 cm³/mol. The van der Waals surface area contributed by atoms with Gasteiger partial charge in [-0.2, -0.15) is 0 Å². The summed E-state index contributed by atoms with van der Waals surface area (Å²) in [6, 6.07) is 9.96. The Kier molecular flexibility index (Phi) is 4.23. The lowest BCUT2D eigenvalue weighted by Crippen LogP contribution is -1.99. The van der Waals surface area contributed by atoms with Gasteiger partial charge in [0.25, 0.3) is 0 Å². The highest BCUT2D eigenvalue weighted by atomic mass is 32.2. The normalized spacial score (nSPS) is 10.4. The number of hydrogen-bond donors (Lipinski definition) is 1. The van der Waals surface area contributed by atoms with Gasteiger partial charge in [0, 0.05) is 23.2 Å². The van der Waals surface area contributed by atoms with E-state index in [1.165, 1.54) is 4.90 Å². The third kappa shape index (κ3) is 3.03. The van der Waals surface area contributed by atoms with Crippen molar-refractivity contribution in [2.75, 3.05) is 6.26 Å². The molecule has 0 atom stereocenters. The Labute approximate surface area is 111 Å². The monoisotopic (exact) mass is 260 g/mol. The first kappa shape index (κ1) is 12.9. The summed E-state index contributed by atoms with van der Waals surface area (Å²) >= 11 is 1.71. The molecule has 94 valence electrons. The van der Waals surface area contributed by atoms with Gasteiger partial charge in [-0.05, 0) is 49.1 Å². The van der Waals surface area contributed by atoms with Gasteiger partial charge in [0.15, 0.2) is 0 Å². The Bertz CT molecular complexity index is 526. The van der Waals surface area contributed by atoms with E-state index in [0.29, 0.717) is 12.4 Å². The van der Waals surface area contributed by atoms with Crippen LogP contribution in [0, 0.1) is 6.92 Å². The molecule has 2 rings (SSSR count). The number of ether oxygens (including phenoxy) is 1. The van der Waals surface area contributed by atoms with Crippen LogP contribution < -0.4 is 10.5 Å². The Hall–Kier alpha value is -1.52. The van der Waals surface area contributed by atoms with Crippen molar-refractivity contribution in [3.05, 3.63) is 47.7 Å². The molecule has 0 unspecified atom stereocenters. The molecule has 0 aliphatic rings. The standard InChI is InChI=1S/C14H16N2OS/c1-10-7-11(8-15)9-16-14(10)17-12-3-5-13(18-2)6-4-12/h3-7,9H,8,15H2,1-2H3. The molecule has 0 radical (unpaired) electrons. The van der Waals surface area contributed by atoms with Crippen molar-refractivity contribution in [1.29, 1.82) is 0 Å². The summed E-state index contributed by atoms with van der Waals surface area (Å²) < 4.78 is 5.75. The largest absolute Gasteiger partial charge is 0.439 e. The second kappa shape index (κ2) is 5.89. The molecule has 0 fully saturated rings. The van der Waals surface area contributed by atoms with Crippen molar-refractivity contribution >= 4 is 11.8 Å². The van der Waals surface area contributed by atoms with E-state index in [4.69, 9.17) is 10.5 Å². The Balaban J connectivity index is 2.17. The molecular weight excluding hydrogens is 244 g/mol. The third-order valence-electron chi connectivity index (χ3n) is 2.60. The average molecular weight is 260 g/mol. The molecule has 2 N–H and O–H groups in total. The van der Waals surface area contributed by atoms with Crippen molar-refractivity contribution in [1.82, 2.24) is 4.98 Å². The van der Waals surface area contributed by atoms with E-state index >= 15 is 0 Å². The highest BCUT2D eigenvalue weighted by Gasteiger charge is 2.04. The minimum atomic E-state index is 0.497. The summed E-state index contributed by atoms with van der Waals surface area (Å²) in [5.41, 5.74) is 7.57. The lowest BCUT2D eigenvalue weighted by Gasteiger charge is -2.08. The number of hydrogen-bond acceptors (Lipinski definition) is 4. The van der Waals surface area contributed by atoms with E-state index in [0.717, 1.165) is 16.9 Å². The quantitative estimate of drug-likeness (QED) is 0.856. The molecule has 4 heteroatoms. The molecule has 3 nitrogen and oxygen atoms in total. The maximum atomic E-state index is 5.75. The minimum Gasteiger partial charge on any atom is -0.439 e. The first-order valence-electron chi connectivity index (χ1n) is 5.70. The summed E-state index contributed by atoms with van der Waals surface area (Å²) in [6.07, 6.45) is 3.80. The summed E-state index contributed by atoms with van der Waals surface area (Å²) in [5, 5.41) is 0. The molecule has 0 saturated heterocycles. The van der Waals surface area contributed by atoms with E-state index in [2.05, 4.69) is 4.98 Å². The van der Waals surface area contributed by atoms with Crippen molar-refractivity contribution in [3.8, 4) is 11.6 Å². The molecule has 18 heavy (non-hydrogen) atoms. The van der Waals surface area contributed by atoms with Crippen LogP contribution in [0.1, 0.15) is 11.1 Å². The zero-order valence-electron chi connectivity index (χ0n) is 10.5. The van der Waals surface area contributed by atoms with Gasteiger partial charge in [0.05, 0.1) is 0 Å². The lowest BCUT2D eigenvalue weighted by atomic mass is 10.2. The molecular formula is C14H16N2OS. The topological polar surface area (TPSA) is 48.1 Å². The zero-order chi connectivity index (χ0) is 13.0. The molecule has 0 aliphatic heterocycles. The number of thioether (sulfide) groups is 1. The van der Waals surface area contributed by atoms with Crippen LogP contribution in [0.5, 0.6) is 11.6 Å². The number of nitrogens with two attached hydrogens (primary N) is 1. The van der Waals surface area contributed by atoms with Crippen LogP contribution in [0.2, 0.25) is 0 Å². The van der Waals surface area contributed by atoms with Crippen LogP contribution in [0.25, 0.3) is 0 Å². The van der Waals surface area contributed by atoms with Gasteiger partial charge in [0.1, 0.15) is 5.75 Å². The summed E-state index contributed by atoms with van der Waals surface area (Å²) in [7, 11) is 0. The molecule has 2 aromatic rings. The number of aryl methyl sites for hydroxylation is 1. The molecule has 0 spiro atoms. The fourth-order valence-electron chi connectivity index (χ4n) is 1.59. The van der Waals surface area contributed by atoms with Crippen molar-refractivity contribution < 1.29 is 4.74 Å². The number of nitrogens with zero attached hydrogens (tertiary/aromatic N) is 1. The fourth-order valence-corrected chi connectivity index (χ4v) is 2.00. The Morgan fingerprint density at radius 1 is 1.28 bits per heavy atom. The molecule has 0 amide bonds. The number of rotatable bonds is 4. The highest BCUT2D eigenvalue weighted by Crippen LogP contribution is 2.25. The van der Waals surface area contributed by atoms with Gasteiger partial charge in [-0.15, -0.1) is 11.8 Å². The second-order valence-electron chi connectivity index (χ2n) is 3.95. The Morgan fingerprint density at radius 2 is 2.00 bits per heavy atom. The molecule has 1 aromatic carbocycles. The van der Waals surface area contributed by atoms with Gasteiger partial charge < -0.3 is 10.5 Å². The molecule has 0 aliphatic carbocycles. The number of benzene rings is 1. The van der Waals surface area contributed by atoms with Crippen molar-refractivity contribution in [3.63, 3.8) is 0 Å². The van der Waals surface area contributed by atoms with E-state index < -0.39 is 0 Å². The van der Waals surface area contributed by atoms with Crippen molar-refractivity contribution in [2.45, 2.75) is 18.4 Å². The van der Waals surface area contributed by atoms with Gasteiger partial charge in [-0.3, -0.25) is 0 Å². The van der Waals surface area contributed by atoms with E-state index in [-0.39, 0.29) is 0 Å². The second-order valence-corrected chi connectivity index (χ2v) is 4.83. The van der Waals surface area contributed by atoms with E-state index in [1.54, 1.807) is 18.0 Å². The highest BCUT2D eigenvalue weighted by molar-refractivity contribution is 7.98. The maximum absolute atomic E-state index is 5.75. The smallest absolute Gasteiger partial charge is 0.222 e. The minimum absolute atomic E-state index is 0.497. The number of pyridine rings is 1. The summed E-state index contributed by atoms with van der Waals surface area (Å²) in [6.45, 7) is 2.47. The molecule has 1 heterocycles. The van der Waals surface area contributed by atoms with Crippen molar-refractivity contribution in [2.24, 2.45) is 5.73 Å². The van der Waals surface area contributed by atoms with Gasteiger partial charge in [0.2, 0.25) is 5.88 Å². The van der Waals surface area contributed by atoms with Crippen LogP contribution in [-0.4, -0.2) is 11.2 Å². The molecule has 1 aromatic heterocycles. The first-order valence-corrected chi connectivity index (χ1v) is 6.93. The fraction of sp³-hybridized carbons (Fsp3) is 0.214. The predicted octanol–water partition coefficient (Wildman–Crippen LogP) is 3.36. The lowest BCUT2D eigenvalue weighted by molar-refractivity contribution is 0.458. The zero-order valence-corrected chi connectivity index (χ0v) is 11.3. The van der Waals surface area contributed by atoms with Crippen LogP contribution in [-0.2, 0) is 6.54 Å². The van der Waals surface area contributed by atoms with Crippen LogP contribution in [0.3, 0.4) is 0 Å². The maximum Gasteiger partial charge on any atom is 0.222 e. The average Bonchev–Trinajstić information content (AvgIpc) is 2.42. The van der Waals surface area contributed by atoms with Crippen LogP contribution >= 0.6 is 11.8 Å². The first-order chi connectivity index (χ1) is 8.72. The van der Waals surface area contributed by atoms with Crippen LogP contribution in [0.15, 0.2) is 41.4 Å². The third-order valence-corrected chi connectivity index (χ3v) is 3.34. The van der Waals surface area contributed by atoms with Gasteiger partial charge >= 0.3 is 0 Å². The number of aromatic nitrogens is 1. The summed E-state index contributed by atoms with van der Waals surface area (Å²) in [4.78, 5) is 5.49. The molecule has 0 bridgehead atoms. The van der Waals surface area contributed by atoms with E-state index in [9.17, 15) is 0 Å². The van der Waals surface area contributed by atoms with E-state index in [1.807, 2.05) is 43.5 Å². The SMILES string of the molecule is CSc1ccc(Oc2ncc(CN)cc2C)cc1. The van der Waals surface area contributed by atoms with Gasteiger partial charge in [-0.1, -0.05) is 0 Å². The Morgan fingerprint density at radius 3 is 2.56 bits per heavy atom. The molecule has 0 saturated carbocycles. The van der Waals surface area contributed by atoms with Crippen LogP contribution in [0.4, 0.5) is 0 Å².